The minimum Gasteiger partial charge on any atom is -0.309 e. The molecule has 0 heterocycles. The number of fused-ring (bicyclic) bond motifs is 1. The third-order valence-corrected chi connectivity index (χ3v) is 5.83. The van der Waals surface area contributed by atoms with Crippen molar-refractivity contribution in [1.82, 2.24) is 4.90 Å². The maximum absolute atomic E-state index is 12.9. The molecular formula is C22H26F3N. The second-order valence-corrected chi connectivity index (χ2v) is 7.73. The van der Waals surface area contributed by atoms with E-state index in [0.717, 1.165) is 24.1 Å². The molecule has 3 rings (SSSR count). The summed E-state index contributed by atoms with van der Waals surface area (Å²) in [5.74, 6) is 1.42. The SMILES string of the molecule is CC1c2c(-c3ccc(C(F)(F)F)cc3)cccc2C(CCN(C)C)[C@@H]1C. The standard InChI is InChI=1S/C22H26F3N/c1-14-15(2)21-19(16-8-10-17(11-9-16)22(23,24)25)6-5-7-20(21)18(14)12-13-26(3)4/h5-11,14-15,18H,12-13H2,1-4H3/t14-,15?,18?/m1/s1. The number of hydrogen-bond donors (Lipinski definition) is 0. The molecule has 4 heteroatoms. The summed E-state index contributed by atoms with van der Waals surface area (Å²) < 4.78 is 38.6. The number of rotatable bonds is 4. The fourth-order valence-electron chi connectivity index (χ4n) is 4.22. The van der Waals surface area contributed by atoms with Crippen LogP contribution in [0.1, 0.15) is 48.8 Å². The number of benzene rings is 2. The monoisotopic (exact) mass is 361 g/mol. The van der Waals surface area contributed by atoms with Gasteiger partial charge >= 0.3 is 6.18 Å². The first kappa shape index (κ1) is 19.0. The first-order valence-corrected chi connectivity index (χ1v) is 9.15. The van der Waals surface area contributed by atoms with Crippen molar-refractivity contribution in [3.05, 3.63) is 59.2 Å². The molecule has 1 nitrogen and oxygen atoms in total. The molecule has 2 aromatic carbocycles. The van der Waals surface area contributed by atoms with Crippen LogP contribution in [0.3, 0.4) is 0 Å². The van der Waals surface area contributed by atoms with E-state index in [-0.39, 0.29) is 0 Å². The molecule has 0 aromatic heterocycles. The molecule has 0 bridgehead atoms. The van der Waals surface area contributed by atoms with Crippen LogP contribution in [-0.2, 0) is 6.18 Å². The molecule has 0 amide bonds. The molecule has 1 aliphatic rings. The predicted octanol–water partition coefficient (Wildman–Crippen LogP) is 6.16. The van der Waals surface area contributed by atoms with Gasteiger partial charge in [0.05, 0.1) is 5.56 Å². The van der Waals surface area contributed by atoms with Gasteiger partial charge in [-0.05, 0) is 79.2 Å². The molecule has 1 aliphatic carbocycles. The van der Waals surface area contributed by atoms with Crippen molar-refractivity contribution >= 4 is 0 Å². The molecule has 3 atom stereocenters. The van der Waals surface area contributed by atoms with Crippen LogP contribution in [0, 0.1) is 5.92 Å². The lowest BCUT2D eigenvalue weighted by Crippen LogP contribution is -2.17. The van der Waals surface area contributed by atoms with Gasteiger partial charge in [-0.25, -0.2) is 0 Å². The molecule has 2 aromatic rings. The average molecular weight is 361 g/mol. The van der Waals surface area contributed by atoms with Crippen LogP contribution in [0.2, 0.25) is 0 Å². The Morgan fingerprint density at radius 2 is 1.62 bits per heavy atom. The maximum atomic E-state index is 12.9. The van der Waals surface area contributed by atoms with Gasteiger partial charge in [-0.2, -0.15) is 13.2 Å². The zero-order valence-electron chi connectivity index (χ0n) is 15.8. The van der Waals surface area contributed by atoms with Crippen molar-refractivity contribution < 1.29 is 13.2 Å². The Labute approximate surface area is 153 Å². The lowest BCUT2D eigenvalue weighted by atomic mass is 9.87. The first-order valence-electron chi connectivity index (χ1n) is 9.15. The quantitative estimate of drug-likeness (QED) is 0.630. The van der Waals surface area contributed by atoms with Gasteiger partial charge < -0.3 is 4.90 Å². The molecule has 140 valence electrons. The fourth-order valence-corrected chi connectivity index (χ4v) is 4.22. The van der Waals surface area contributed by atoms with Crippen molar-refractivity contribution in [3.63, 3.8) is 0 Å². The van der Waals surface area contributed by atoms with E-state index in [2.05, 4.69) is 38.9 Å². The minimum absolute atomic E-state index is 0.399. The molecule has 0 N–H and O–H groups in total. The van der Waals surface area contributed by atoms with Crippen LogP contribution in [-0.4, -0.2) is 25.5 Å². The van der Waals surface area contributed by atoms with E-state index >= 15 is 0 Å². The summed E-state index contributed by atoms with van der Waals surface area (Å²) in [6.45, 7) is 5.57. The Hall–Kier alpha value is -1.81. The van der Waals surface area contributed by atoms with Crippen molar-refractivity contribution in [2.45, 2.75) is 38.3 Å². The Morgan fingerprint density at radius 1 is 0.962 bits per heavy atom. The normalized spacial score (nSPS) is 22.7. The van der Waals surface area contributed by atoms with E-state index in [9.17, 15) is 13.2 Å². The topological polar surface area (TPSA) is 3.24 Å². The van der Waals surface area contributed by atoms with Crippen LogP contribution in [0.5, 0.6) is 0 Å². The molecule has 0 saturated carbocycles. The first-order chi connectivity index (χ1) is 12.2. The van der Waals surface area contributed by atoms with Crippen molar-refractivity contribution in [2.24, 2.45) is 5.92 Å². The lowest BCUT2D eigenvalue weighted by molar-refractivity contribution is -0.137. The smallest absolute Gasteiger partial charge is 0.309 e. The highest BCUT2D eigenvalue weighted by Crippen LogP contribution is 2.51. The highest BCUT2D eigenvalue weighted by molar-refractivity contribution is 5.71. The largest absolute Gasteiger partial charge is 0.416 e. The van der Waals surface area contributed by atoms with E-state index in [0.29, 0.717) is 17.8 Å². The third kappa shape index (κ3) is 3.52. The van der Waals surface area contributed by atoms with Crippen LogP contribution in [0.4, 0.5) is 13.2 Å². The summed E-state index contributed by atoms with van der Waals surface area (Å²) in [4.78, 5) is 2.20. The zero-order valence-corrected chi connectivity index (χ0v) is 15.8. The Bertz CT molecular complexity index is 762. The van der Waals surface area contributed by atoms with Crippen LogP contribution < -0.4 is 0 Å². The highest BCUT2D eigenvalue weighted by atomic mass is 19.4. The number of nitrogens with zero attached hydrogens (tertiary/aromatic N) is 1. The number of alkyl halides is 3. The Balaban J connectivity index is 1.99. The maximum Gasteiger partial charge on any atom is 0.416 e. The summed E-state index contributed by atoms with van der Waals surface area (Å²) in [6.07, 6.45) is -3.20. The molecule has 26 heavy (non-hydrogen) atoms. The molecule has 0 spiro atoms. The van der Waals surface area contributed by atoms with Crippen molar-refractivity contribution in [3.8, 4) is 11.1 Å². The van der Waals surface area contributed by atoms with Gasteiger partial charge in [0, 0.05) is 0 Å². The van der Waals surface area contributed by atoms with Gasteiger partial charge in [0.1, 0.15) is 0 Å². The molecule has 2 unspecified atom stereocenters. The van der Waals surface area contributed by atoms with E-state index in [1.807, 2.05) is 12.1 Å². The molecule has 0 aliphatic heterocycles. The van der Waals surface area contributed by atoms with Gasteiger partial charge in [-0.3, -0.25) is 0 Å². The summed E-state index contributed by atoms with van der Waals surface area (Å²) >= 11 is 0. The molecule has 0 saturated heterocycles. The second kappa shape index (κ2) is 7.07. The highest BCUT2D eigenvalue weighted by Gasteiger charge is 2.36. The number of halogens is 3. The van der Waals surface area contributed by atoms with Crippen LogP contribution in [0.25, 0.3) is 11.1 Å². The molecule has 0 fully saturated rings. The van der Waals surface area contributed by atoms with Gasteiger partial charge in [0.2, 0.25) is 0 Å². The molecular weight excluding hydrogens is 335 g/mol. The van der Waals surface area contributed by atoms with E-state index < -0.39 is 11.7 Å². The summed E-state index contributed by atoms with van der Waals surface area (Å²) in [6, 6.07) is 11.8. The minimum atomic E-state index is -4.30. The van der Waals surface area contributed by atoms with Crippen molar-refractivity contribution in [2.75, 3.05) is 20.6 Å². The predicted molar refractivity (Wildman–Crippen MR) is 100 cm³/mol. The van der Waals surface area contributed by atoms with E-state index in [1.165, 1.54) is 23.3 Å². The average Bonchev–Trinajstić information content (AvgIpc) is 2.83. The second-order valence-electron chi connectivity index (χ2n) is 7.73. The van der Waals surface area contributed by atoms with Gasteiger partial charge in [-0.15, -0.1) is 0 Å². The summed E-state index contributed by atoms with van der Waals surface area (Å²) in [5, 5.41) is 0. The zero-order chi connectivity index (χ0) is 19.1. The lowest BCUT2D eigenvalue weighted by Gasteiger charge is -2.21. The Kier molecular flexibility index (Phi) is 5.16. The number of hydrogen-bond acceptors (Lipinski definition) is 1. The van der Waals surface area contributed by atoms with Crippen LogP contribution >= 0.6 is 0 Å². The van der Waals surface area contributed by atoms with E-state index in [1.54, 1.807) is 12.1 Å². The Morgan fingerprint density at radius 3 is 2.19 bits per heavy atom. The fraction of sp³-hybridized carbons (Fsp3) is 0.455. The van der Waals surface area contributed by atoms with E-state index in [4.69, 9.17) is 0 Å². The van der Waals surface area contributed by atoms with Gasteiger partial charge in [-0.1, -0.05) is 44.2 Å². The van der Waals surface area contributed by atoms with Crippen molar-refractivity contribution in [1.29, 1.82) is 0 Å². The van der Waals surface area contributed by atoms with Crippen LogP contribution in [0.15, 0.2) is 42.5 Å². The van der Waals surface area contributed by atoms with Gasteiger partial charge in [0.25, 0.3) is 0 Å². The van der Waals surface area contributed by atoms with Gasteiger partial charge in [0.15, 0.2) is 0 Å². The third-order valence-electron chi connectivity index (χ3n) is 5.83. The molecule has 0 radical (unpaired) electrons. The summed E-state index contributed by atoms with van der Waals surface area (Å²) in [7, 11) is 4.17. The summed E-state index contributed by atoms with van der Waals surface area (Å²) in [5.41, 5.74) is 4.01.